The third kappa shape index (κ3) is 3.18. The Morgan fingerprint density at radius 1 is 1.09 bits per heavy atom. The van der Waals surface area contributed by atoms with Crippen molar-refractivity contribution in [2.75, 3.05) is 7.05 Å². The van der Waals surface area contributed by atoms with Crippen LogP contribution in [0.1, 0.15) is 23.1 Å². The van der Waals surface area contributed by atoms with E-state index < -0.39 is 11.7 Å². The van der Waals surface area contributed by atoms with Gasteiger partial charge in [-0.05, 0) is 48.7 Å². The molecule has 2 aromatic rings. The van der Waals surface area contributed by atoms with Gasteiger partial charge >= 0.3 is 6.18 Å². The molecule has 0 fully saturated rings. The monoisotopic (exact) mass is 319 g/mol. The first-order valence-electron chi connectivity index (χ1n) is 7.34. The molecule has 0 aromatic heterocycles. The second-order valence-electron chi connectivity index (χ2n) is 5.32. The number of rotatable bonds is 3. The van der Waals surface area contributed by atoms with E-state index in [0.29, 0.717) is 5.75 Å². The van der Waals surface area contributed by atoms with Crippen LogP contribution in [0, 0.1) is 0 Å². The predicted molar refractivity (Wildman–Crippen MR) is 83.3 cm³/mol. The number of hydrogen-bond acceptors (Lipinski definition) is 2. The third-order valence-corrected chi connectivity index (χ3v) is 3.82. The Labute approximate surface area is 132 Å². The second-order valence-corrected chi connectivity index (χ2v) is 5.32. The number of nitrogens with one attached hydrogen (secondary N) is 1. The molecule has 0 amide bonds. The Morgan fingerprint density at radius 3 is 2.61 bits per heavy atom. The van der Waals surface area contributed by atoms with Crippen molar-refractivity contribution in [3.63, 3.8) is 0 Å². The van der Waals surface area contributed by atoms with Gasteiger partial charge in [0.1, 0.15) is 11.5 Å². The predicted octanol–water partition coefficient (Wildman–Crippen LogP) is 5.00. The minimum atomic E-state index is -4.44. The molecule has 3 rings (SSSR count). The first-order valence-corrected chi connectivity index (χ1v) is 7.34. The highest BCUT2D eigenvalue weighted by Gasteiger charge is 2.34. The SMILES string of the molecule is CNC1=CCCc2cc(Oc3ccccc3C(F)(F)F)ccc21. The van der Waals surface area contributed by atoms with Gasteiger partial charge in [0, 0.05) is 18.3 Å². The number of hydrogen-bond donors (Lipinski definition) is 1. The van der Waals surface area contributed by atoms with Crippen molar-refractivity contribution >= 4 is 5.70 Å². The smallest absolute Gasteiger partial charge is 0.419 e. The summed E-state index contributed by atoms with van der Waals surface area (Å²) in [6, 6.07) is 10.6. The zero-order valence-electron chi connectivity index (χ0n) is 12.6. The fourth-order valence-electron chi connectivity index (χ4n) is 2.74. The lowest BCUT2D eigenvalue weighted by Gasteiger charge is -2.19. The first-order chi connectivity index (χ1) is 11.0. The molecular formula is C18H16F3NO. The van der Waals surface area contributed by atoms with Crippen LogP contribution in [-0.4, -0.2) is 7.05 Å². The number of alkyl halides is 3. The van der Waals surface area contributed by atoms with Crippen LogP contribution in [0.2, 0.25) is 0 Å². The van der Waals surface area contributed by atoms with Gasteiger partial charge in [-0.15, -0.1) is 0 Å². The summed E-state index contributed by atoms with van der Waals surface area (Å²) in [6.45, 7) is 0. The van der Waals surface area contributed by atoms with Crippen LogP contribution in [0.5, 0.6) is 11.5 Å². The van der Waals surface area contributed by atoms with Crippen LogP contribution in [0.25, 0.3) is 5.70 Å². The van der Waals surface area contributed by atoms with Crippen LogP contribution in [0.4, 0.5) is 13.2 Å². The zero-order valence-corrected chi connectivity index (χ0v) is 12.6. The first kappa shape index (κ1) is 15.5. The van der Waals surface area contributed by atoms with Crippen molar-refractivity contribution in [3.05, 3.63) is 65.2 Å². The Balaban J connectivity index is 1.93. The fraction of sp³-hybridized carbons (Fsp3) is 0.222. The maximum atomic E-state index is 13.0. The van der Waals surface area contributed by atoms with E-state index in [1.807, 2.05) is 19.2 Å². The molecule has 0 radical (unpaired) electrons. The van der Waals surface area contributed by atoms with Gasteiger partial charge in [-0.3, -0.25) is 0 Å². The number of para-hydroxylation sites is 1. The lowest BCUT2D eigenvalue weighted by atomic mass is 9.94. The Morgan fingerprint density at radius 2 is 1.87 bits per heavy atom. The number of ether oxygens (including phenoxy) is 1. The van der Waals surface area contributed by atoms with E-state index in [4.69, 9.17) is 4.74 Å². The largest absolute Gasteiger partial charge is 0.457 e. The summed E-state index contributed by atoms with van der Waals surface area (Å²) in [5.41, 5.74) is 2.40. The normalized spacial score (nSPS) is 14.0. The van der Waals surface area contributed by atoms with Gasteiger partial charge in [0.25, 0.3) is 0 Å². The van der Waals surface area contributed by atoms with E-state index >= 15 is 0 Å². The number of benzene rings is 2. The average molecular weight is 319 g/mol. The highest BCUT2D eigenvalue weighted by Crippen LogP contribution is 2.38. The molecule has 120 valence electrons. The van der Waals surface area contributed by atoms with Crippen molar-refractivity contribution < 1.29 is 17.9 Å². The third-order valence-electron chi connectivity index (χ3n) is 3.82. The molecule has 0 unspecified atom stereocenters. The average Bonchev–Trinajstić information content (AvgIpc) is 2.53. The molecule has 0 saturated carbocycles. The quantitative estimate of drug-likeness (QED) is 0.859. The highest BCUT2D eigenvalue weighted by atomic mass is 19.4. The molecule has 23 heavy (non-hydrogen) atoms. The fourth-order valence-corrected chi connectivity index (χ4v) is 2.74. The molecular weight excluding hydrogens is 303 g/mol. The summed E-state index contributed by atoms with van der Waals surface area (Å²) < 4.78 is 44.6. The molecule has 1 aliphatic carbocycles. The molecule has 0 aliphatic heterocycles. The van der Waals surface area contributed by atoms with E-state index in [0.717, 1.165) is 35.7 Å². The molecule has 1 aliphatic rings. The standard InChI is InChI=1S/C18H16F3NO/c1-22-16-7-4-5-12-11-13(9-10-14(12)16)23-17-8-3-2-6-15(17)18(19,20)21/h2-3,6-11,22H,4-5H2,1H3. The molecule has 0 heterocycles. The molecule has 0 spiro atoms. The minimum absolute atomic E-state index is 0.180. The molecule has 2 nitrogen and oxygen atoms in total. The molecule has 0 bridgehead atoms. The van der Waals surface area contributed by atoms with E-state index in [1.165, 1.54) is 18.2 Å². The Hall–Kier alpha value is -2.43. The summed E-state index contributed by atoms with van der Waals surface area (Å²) >= 11 is 0. The summed E-state index contributed by atoms with van der Waals surface area (Å²) in [7, 11) is 1.85. The molecule has 2 aromatic carbocycles. The van der Waals surface area contributed by atoms with Crippen LogP contribution >= 0.6 is 0 Å². The number of halogens is 3. The maximum absolute atomic E-state index is 13.0. The van der Waals surface area contributed by atoms with E-state index in [2.05, 4.69) is 11.4 Å². The van der Waals surface area contributed by atoms with E-state index in [9.17, 15) is 13.2 Å². The summed E-state index contributed by atoms with van der Waals surface area (Å²) in [5.74, 6) is 0.234. The van der Waals surface area contributed by atoms with E-state index in [1.54, 1.807) is 6.07 Å². The van der Waals surface area contributed by atoms with Gasteiger partial charge in [0.15, 0.2) is 0 Å². The maximum Gasteiger partial charge on any atom is 0.419 e. The van der Waals surface area contributed by atoms with Crippen molar-refractivity contribution in [1.82, 2.24) is 5.32 Å². The van der Waals surface area contributed by atoms with Crippen molar-refractivity contribution in [3.8, 4) is 11.5 Å². The summed E-state index contributed by atoms with van der Waals surface area (Å²) in [6.07, 6.45) is -0.584. The number of aryl methyl sites for hydroxylation is 1. The van der Waals surface area contributed by atoms with Crippen molar-refractivity contribution in [2.24, 2.45) is 0 Å². The number of allylic oxidation sites excluding steroid dienone is 1. The number of fused-ring (bicyclic) bond motifs is 1. The van der Waals surface area contributed by atoms with Gasteiger partial charge < -0.3 is 10.1 Å². The van der Waals surface area contributed by atoms with Crippen molar-refractivity contribution in [2.45, 2.75) is 19.0 Å². The van der Waals surface area contributed by atoms with Gasteiger partial charge in [-0.25, -0.2) is 0 Å². The Kier molecular flexibility index (Phi) is 4.03. The van der Waals surface area contributed by atoms with Crippen LogP contribution < -0.4 is 10.1 Å². The molecule has 0 saturated heterocycles. The van der Waals surface area contributed by atoms with Crippen molar-refractivity contribution in [1.29, 1.82) is 0 Å². The van der Waals surface area contributed by atoms with Crippen LogP contribution in [0.15, 0.2) is 48.5 Å². The second kappa shape index (κ2) is 5.99. The minimum Gasteiger partial charge on any atom is -0.457 e. The molecule has 0 atom stereocenters. The van der Waals surface area contributed by atoms with Gasteiger partial charge in [0.05, 0.1) is 5.56 Å². The van der Waals surface area contributed by atoms with Crippen LogP contribution in [-0.2, 0) is 12.6 Å². The lowest BCUT2D eigenvalue weighted by Crippen LogP contribution is -2.11. The van der Waals surface area contributed by atoms with E-state index in [-0.39, 0.29) is 5.75 Å². The molecule has 5 heteroatoms. The topological polar surface area (TPSA) is 21.3 Å². The lowest BCUT2D eigenvalue weighted by molar-refractivity contribution is -0.138. The highest BCUT2D eigenvalue weighted by molar-refractivity contribution is 5.69. The van der Waals surface area contributed by atoms with Crippen LogP contribution in [0.3, 0.4) is 0 Å². The van der Waals surface area contributed by atoms with Gasteiger partial charge in [0.2, 0.25) is 0 Å². The molecule has 1 N–H and O–H groups in total. The Bertz CT molecular complexity index is 750. The van der Waals surface area contributed by atoms with Gasteiger partial charge in [-0.1, -0.05) is 18.2 Å². The zero-order chi connectivity index (χ0) is 16.4. The summed E-state index contributed by atoms with van der Waals surface area (Å²) in [5, 5.41) is 3.13. The summed E-state index contributed by atoms with van der Waals surface area (Å²) in [4.78, 5) is 0. The van der Waals surface area contributed by atoms with Gasteiger partial charge in [-0.2, -0.15) is 13.2 Å².